The van der Waals surface area contributed by atoms with Crippen molar-refractivity contribution in [3.05, 3.63) is 65.2 Å². The van der Waals surface area contributed by atoms with Crippen molar-refractivity contribution in [1.82, 2.24) is 5.32 Å². The molecule has 1 heterocycles. The number of hydrogen-bond donors (Lipinski definition) is 1. The van der Waals surface area contributed by atoms with Crippen LogP contribution in [0.1, 0.15) is 34.3 Å². The van der Waals surface area contributed by atoms with Crippen molar-refractivity contribution in [1.29, 1.82) is 0 Å². The molecule has 1 amide bonds. The van der Waals surface area contributed by atoms with E-state index >= 15 is 0 Å². The number of hydrogen-bond acceptors (Lipinski definition) is 2. The Morgan fingerprint density at radius 1 is 1.10 bits per heavy atom. The van der Waals surface area contributed by atoms with Gasteiger partial charge in [0.15, 0.2) is 0 Å². The van der Waals surface area contributed by atoms with Gasteiger partial charge in [0, 0.05) is 18.5 Å². The van der Waals surface area contributed by atoms with E-state index in [0.717, 1.165) is 5.56 Å². The molecule has 1 aliphatic rings. The smallest absolute Gasteiger partial charge is 0.254 e. The zero-order valence-electron chi connectivity index (χ0n) is 11.6. The lowest BCUT2D eigenvalue weighted by molar-refractivity contribution is 0.0958. The molecule has 0 aromatic heterocycles. The summed E-state index contributed by atoms with van der Waals surface area (Å²) in [5, 5.41) is 2.66. The van der Waals surface area contributed by atoms with Gasteiger partial charge in [-0.05, 0) is 18.6 Å². The molecule has 0 spiro atoms. The topological polar surface area (TPSA) is 38.3 Å². The van der Waals surface area contributed by atoms with Crippen LogP contribution in [0.25, 0.3) is 0 Å². The Labute approximate surface area is 118 Å². The first kappa shape index (κ1) is 12.7. The lowest BCUT2D eigenvalue weighted by Crippen LogP contribution is -2.19. The first-order valence-electron chi connectivity index (χ1n) is 6.79. The second kappa shape index (κ2) is 5.00. The predicted molar refractivity (Wildman–Crippen MR) is 78.2 cm³/mol. The quantitative estimate of drug-likeness (QED) is 0.908. The molecule has 0 unspecified atom stereocenters. The Morgan fingerprint density at radius 3 is 2.55 bits per heavy atom. The van der Waals surface area contributed by atoms with Crippen molar-refractivity contribution >= 4 is 5.91 Å². The van der Waals surface area contributed by atoms with Crippen LogP contribution in [0.4, 0.5) is 0 Å². The normalized spacial score (nSPS) is 20.1. The van der Waals surface area contributed by atoms with Gasteiger partial charge >= 0.3 is 0 Å². The number of carbonyl (C=O) groups is 1. The minimum atomic E-state index is -0.109. The standard InChI is InChI=1S/C17H17NO2/c1-11-15(12-7-4-3-5-8-12)13-9-6-10-14(16(13)20-11)17(19)18-2/h3-11,15H,1-2H3,(H,18,19)/t11-,15-/m0/s1. The van der Waals surface area contributed by atoms with Gasteiger partial charge in [0.25, 0.3) is 5.91 Å². The van der Waals surface area contributed by atoms with Gasteiger partial charge in [-0.3, -0.25) is 4.79 Å². The highest BCUT2D eigenvalue weighted by Gasteiger charge is 2.34. The van der Waals surface area contributed by atoms with E-state index in [1.165, 1.54) is 5.56 Å². The van der Waals surface area contributed by atoms with Gasteiger partial charge in [0.1, 0.15) is 11.9 Å². The molecule has 0 fully saturated rings. The predicted octanol–water partition coefficient (Wildman–Crippen LogP) is 2.96. The maximum Gasteiger partial charge on any atom is 0.254 e. The number of ether oxygens (including phenoxy) is 1. The number of fused-ring (bicyclic) bond motifs is 1. The molecule has 3 rings (SSSR count). The van der Waals surface area contributed by atoms with E-state index in [1.54, 1.807) is 13.1 Å². The highest BCUT2D eigenvalue weighted by atomic mass is 16.5. The molecule has 1 N–H and O–H groups in total. The fourth-order valence-electron chi connectivity index (χ4n) is 2.86. The summed E-state index contributed by atoms with van der Waals surface area (Å²) >= 11 is 0. The Morgan fingerprint density at radius 2 is 1.85 bits per heavy atom. The third-order valence-corrected chi connectivity index (χ3v) is 3.78. The average molecular weight is 267 g/mol. The van der Waals surface area contributed by atoms with Crippen molar-refractivity contribution in [2.24, 2.45) is 0 Å². The Kier molecular flexibility index (Phi) is 3.18. The second-order valence-electron chi connectivity index (χ2n) is 5.01. The van der Waals surface area contributed by atoms with E-state index in [2.05, 4.69) is 17.4 Å². The van der Waals surface area contributed by atoms with Crippen LogP contribution in [0, 0.1) is 0 Å². The van der Waals surface area contributed by atoms with Crippen molar-refractivity contribution in [3.8, 4) is 5.75 Å². The van der Waals surface area contributed by atoms with E-state index in [4.69, 9.17) is 4.74 Å². The van der Waals surface area contributed by atoms with Crippen LogP contribution in [-0.2, 0) is 0 Å². The molecule has 3 nitrogen and oxygen atoms in total. The van der Waals surface area contributed by atoms with Gasteiger partial charge in [0.2, 0.25) is 0 Å². The van der Waals surface area contributed by atoms with Crippen LogP contribution in [0.5, 0.6) is 5.75 Å². The fourth-order valence-corrected chi connectivity index (χ4v) is 2.86. The largest absolute Gasteiger partial charge is 0.489 e. The van der Waals surface area contributed by atoms with Gasteiger partial charge in [-0.1, -0.05) is 42.5 Å². The van der Waals surface area contributed by atoms with Gasteiger partial charge in [-0.25, -0.2) is 0 Å². The van der Waals surface area contributed by atoms with E-state index in [1.807, 2.05) is 37.3 Å². The summed E-state index contributed by atoms with van der Waals surface area (Å²) in [5.41, 5.74) is 2.91. The van der Waals surface area contributed by atoms with Crippen LogP contribution in [0.2, 0.25) is 0 Å². The van der Waals surface area contributed by atoms with E-state index in [0.29, 0.717) is 11.3 Å². The SMILES string of the molecule is CNC(=O)c1cccc2c1O[C@@H](C)[C@H]2c1ccccc1. The molecule has 2 aromatic rings. The van der Waals surface area contributed by atoms with Gasteiger partial charge in [-0.2, -0.15) is 0 Å². The van der Waals surface area contributed by atoms with Crippen LogP contribution < -0.4 is 10.1 Å². The van der Waals surface area contributed by atoms with E-state index in [-0.39, 0.29) is 17.9 Å². The van der Waals surface area contributed by atoms with Crippen LogP contribution in [0.15, 0.2) is 48.5 Å². The maximum atomic E-state index is 11.9. The summed E-state index contributed by atoms with van der Waals surface area (Å²) in [6, 6.07) is 16.0. The zero-order valence-corrected chi connectivity index (χ0v) is 11.6. The summed E-state index contributed by atoms with van der Waals surface area (Å²) in [4.78, 5) is 11.9. The van der Waals surface area contributed by atoms with Crippen molar-refractivity contribution in [3.63, 3.8) is 0 Å². The first-order valence-corrected chi connectivity index (χ1v) is 6.79. The molecular formula is C17H17NO2. The van der Waals surface area contributed by atoms with Crippen molar-refractivity contribution in [2.75, 3.05) is 7.05 Å². The van der Waals surface area contributed by atoms with Crippen LogP contribution >= 0.6 is 0 Å². The zero-order chi connectivity index (χ0) is 14.1. The summed E-state index contributed by atoms with van der Waals surface area (Å²) in [6.07, 6.45) is 0.0261. The van der Waals surface area contributed by atoms with E-state index < -0.39 is 0 Å². The molecule has 0 saturated heterocycles. The Balaban J connectivity index is 2.10. The molecular weight excluding hydrogens is 250 g/mol. The number of benzene rings is 2. The summed E-state index contributed by atoms with van der Waals surface area (Å²) in [6.45, 7) is 2.05. The van der Waals surface area contributed by atoms with Crippen molar-refractivity contribution in [2.45, 2.75) is 18.9 Å². The molecule has 2 atom stereocenters. The van der Waals surface area contributed by atoms with Gasteiger partial charge in [0.05, 0.1) is 5.56 Å². The minimum Gasteiger partial charge on any atom is -0.489 e. The lowest BCUT2D eigenvalue weighted by Gasteiger charge is -2.14. The molecule has 0 radical (unpaired) electrons. The molecule has 0 saturated carbocycles. The van der Waals surface area contributed by atoms with Gasteiger partial charge in [-0.15, -0.1) is 0 Å². The molecule has 0 bridgehead atoms. The minimum absolute atomic E-state index is 0.0261. The van der Waals surface area contributed by atoms with Crippen LogP contribution in [-0.4, -0.2) is 19.1 Å². The lowest BCUT2D eigenvalue weighted by atomic mass is 9.88. The van der Waals surface area contributed by atoms with Crippen molar-refractivity contribution < 1.29 is 9.53 Å². The number of rotatable bonds is 2. The monoisotopic (exact) mass is 267 g/mol. The fraction of sp³-hybridized carbons (Fsp3) is 0.235. The molecule has 3 heteroatoms. The van der Waals surface area contributed by atoms with E-state index in [9.17, 15) is 4.79 Å². The number of para-hydroxylation sites is 1. The maximum absolute atomic E-state index is 11.9. The third-order valence-electron chi connectivity index (χ3n) is 3.78. The summed E-state index contributed by atoms with van der Waals surface area (Å²) < 4.78 is 5.97. The molecule has 1 aliphatic heterocycles. The molecule has 102 valence electrons. The number of amides is 1. The summed E-state index contributed by atoms with van der Waals surface area (Å²) in [7, 11) is 1.63. The second-order valence-corrected chi connectivity index (χ2v) is 5.01. The van der Waals surface area contributed by atoms with Gasteiger partial charge < -0.3 is 10.1 Å². The summed E-state index contributed by atoms with van der Waals surface area (Å²) in [5.74, 6) is 0.784. The third kappa shape index (κ3) is 1.95. The Bertz CT molecular complexity index is 637. The number of carbonyl (C=O) groups excluding carboxylic acids is 1. The molecule has 2 aromatic carbocycles. The Hall–Kier alpha value is -2.29. The first-order chi connectivity index (χ1) is 9.72. The highest BCUT2D eigenvalue weighted by molar-refractivity contribution is 5.97. The molecule has 20 heavy (non-hydrogen) atoms. The van der Waals surface area contributed by atoms with Crippen LogP contribution in [0.3, 0.4) is 0 Å². The molecule has 0 aliphatic carbocycles. The highest BCUT2D eigenvalue weighted by Crippen LogP contribution is 2.43. The average Bonchev–Trinajstić information content (AvgIpc) is 2.83. The number of nitrogens with one attached hydrogen (secondary N) is 1.